The summed E-state index contributed by atoms with van der Waals surface area (Å²) in [7, 11) is 3.16. The molecule has 0 bridgehead atoms. The number of ether oxygens (including phenoxy) is 1. The standard InChI is InChI=1S/C24H33N5O4/c1-4-29-21(16-22(30)25(2)24(29)32)28-10-6-7-18(17-28)23(31)27-13-11-26(12-14-27)19-8-5-9-20(15-19)33-3/h5,8-9,15-16,18H,4,6-7,10-14,17H2,1-3H3. The van der Waals surface area contributed by atoms with Gasteiger partial charge in [-0.3, -0.25) is 18.7 Å². The van der Waals surface area contributed by atoms with Gasteiger partial charge in [0.05, 0.1) is 13.0 Å². The number of piperidine rings is 1. The molecule has 1 aromatic heterocycles. The molecule has 2 aliphatic rings. The van der Waals surface area contributed by atoms with Crippen LogP contribution in [0.3, 0.4) is 0 Å². The molecule has 0 radical (unpaired) electrons. The van der Waals surface area contributed by atoms with Crippen LogP contribution in [0.1, 0.15) is 19.8 Å². The Morgan fingerprint density at radius 1 is 1.06 bits per heavy atom. The van der Waals surface area contributed by atoms with Gasteiger partial charge in [0.15, 0.2) is 0 Å². The van der Waals surface area contributed by atoms with Crippen molar-refractivity contribution in [3.8, 4) is 5.75 Å². The van der Waals surface area contributed by atoms with E-state index >= 15 is 0 Å². The largest absolute Gasteiger partial charge is 0.497 e. The number of methoxy groups -OCH3 is 1. The van der Waals surface area contributed by atoms with Crippen molar-refractivity contribution >= 4 is 17.4 Å². The summed E-state index contributed by atoms with van der Waals surface area (Å²) in [6.07, 6.45) is 1.68. The summed E-state index contributed by atoms with van der Waals surface area (Å²) < 4.78 is 8.07. The second kappa shape index (κ2) is 9.72. The molecular formula is C24H33N5O4. The minimum Gasteiger partial charge on any atom is -0.497 e. The summed E-state index contributed by atoms with van der Waals surface area (Å²) in [5.41, 5.74) is 0.470. The van der Waals surface area contributed by atoms with Gasteiger partial charge < -0.3 is 19.4 Å². The van der Waals surface area contributed by atoms with E-state index < -0.39 is 0 Å². The van der Waals surface area contributed by atoms with Gasteiger partial charge in [-0.1, -0.05) is 6.07 Å². The van der Waals surface area contributed by atoms with Crippen LogP contribution in [0.2, 0.25) is 0 Å². The third kappa shape index (κ3) is 4.62. The summed E-state index contributed by atoms with van der Waals surface area (Å²) in [5, 5.41) is 0. The normalized spacial score (nSPS) is 19.0. The molecule has 0 N–H and O–H groups in total. The van der Waals surface area contributed by atoms with Crippen LogP contribution in [0.5, 0.6) is 5.75 Å². The van der Waals surface area contributed by atoms with Gasteiger partial charge in [-0.2, -0.15) is 0 Å². The van der Waals surface area contributed by atoms with E-state index in [0.29, 0.717) is 32.0 Å². The number of amides is 1. The van der Waals surface area contributed by atoms with E-state index in [1.54, 1.807) is 11.7 Å². The molecule has 2 aromatic rings. The number of carbonyl (C=O) groups excluding carboxylic acids is 1. The first-order valence-corrected chi connectivity index (χ1v) is 11.7. The number of rotatable bonds is 5. The van der Waals surface area contributed by atoms with E-state index in [0.717, 1.165) is 48.5 Å². The molecule has 1 aromatic carbocycles. The molecule has 33 heavy (non-hydrogen) atoms. The lowest BCUT2D eigenvalue weighted by molar-refractivity contribution is -0.136. The Morgan fingerprint density at radius 3 is 2.52 bits per heavy atom. The maximum atomic E-state index is 13.3. The molecular weight excluding hydrogens is 422 g/mol. The highest BCUT2D eigenvalue weighted by Crippen LogP contribution is 2.26. The molecule has 0 saturated carbocycles. The molecule has 2 saturated heterocycles. The zero-order chi connectivity index (χ0) is 23.5. The van der Waals surface area contributed by atoms with E-state index in [-0.39, 0.29) is 23.1 Å². The number of nitrogens with zero attached hydrogens (tertiary/aromatic N) is 5. The Kier molecular flexibility index (Phi) is 6.76. The van der Waals surface area contributed by atoms with Crippen LogP contribution in [-0.4, -0.2) is 66.3 Å². The Labute approximate surface area is 193 Å². The lowest BCUT2D eigenvalue weighted by Crippen LogP contribution is -2.53. The average molecular weight is 456 g/mol. The molecule has 1 amide bonds. The predicted molar refractivity (Wildman–Crippen MR) is 128 cm³/mol. The van der Waals surface area contributed by atoms with E-state index in [1.165, 1.54) is 13.1 Å². The molecule has 9 heteroatoms. The molecule has 2 fully saturated rings. The van der Waals surface area contributed by atoms with Crippen LogP contribution in [-0.2, 0) is 18.4 Å². The van der Waals surface area contributed by atoms with Gasteiger partial charge in [0, 0.05) is 70.7 Å². The van der Waals surface area contributed by atoms with Crippen molar-refractivity contribution < 1.29 is 9.53 Å². The van der Waals surface area contributed by atoms with Crippen molar-refractivity contribution in [3.63, 3.8) is 0 Å². The molecule has 3 heterocycles. The van der Waals surface area contributed by atoms with Crippen LogP contribution in [0, 0.1) is 5.92 Å². The average Bonchev–Trinajstić information content (AvgIpc) is 2.87. The maximum absolute atomic E-state index is 13.3. The van der Waals surface area contributed by atoms with Crippen LogP contribution >= 0.6 is 0 Å². The summed E-state index contributed by atoms with van der Waals surface area (Å²) in [6.45, 7) is 6.55. The summed E-state index contributed by atoms with van der Waals surface area (Å²) in [6, 6.07) is 9.52. The highest BCUT2D eigenvalue weighted by atomic mass is 16.5. The second-order valence-corrected chi connectivity index (χ2v) is 8.73. The quantitative estimate of drug-likeness (QED) is 0.673. The zero-order valence-electron chi connectivity index (χ0n) is 19.7. The molecule has 2 aliphatic heterocycles. The van der Waals surface area contributed by atoms with E-state index in [2.05, 4.69) is 11.0 Å². The molecule has 1 unspecified atom stereocenters. The number of hydrogen-bond donors (Lipinski definition) is 0. The Hall–Kier alpha value is -3.23. The monoisotopic (exact) mass is 455 g/mol. The van der Waals surface area contributed by atoms with Crippen molar-refractivity contribution in [1.82, 2.24) is 14.0 Å². The number of anilines is 2. The van der Waals surface area contributed by atoms with Crippen LogP contribution < -0.4 is 25.8 Å². The van der Waals surface area contributed by atoms with Gasteiger partial charge in [0.1, 0.15) is 11.6 Å². The van der Waals surface area contributed by atoms with Gasteiger partial charge in [0.25, 0.3) is 5.56 Å². The summed E-state index contributed by atoms with van der Waals surface area (Å²) in [5.74, 6) is 1.48. The molecule has 0 aliphatic carbocycles. The van der Waals surface area contributed by atoms with Crippen LogP contribution in [0.4, 0.5) is 11.5 Å². The lowest BCUT2D eigenvalue weighted by Gasteiger charge is -2.40. The van der Waals surface area contributed by atoms with Gasteiger partial charge in [-0.15, -0.1) is 0 Å². The minimum atomic E-state index is -0.318. The van der Waals surface area contributed by atoms with Gasteiger partial charge in [0.2, 0.25) is 5.91 Å². The number of benzene rings is 1. The molecule has 9 nitrogen and oxygen atoms in total. The maximum Gasteiger partial charge on any atom is 0.332 e. The fraction of sp³-hybridized carbons (Fsp3) is 0.542. The smallest absolute Gasteiger partial charge is 0.332 e. The number of piperazine rings is 1. The topological polar surface area (TPSA) is 80.0 Å². The molecule has 4 rings (SSSR count). The first kappa shape index (κ1) is 22.9. The van der Waals surface area contributed by atoms with E-state index in [1.807, 2.05) is 34.9 Å². The highest BCUT2D eigenvalue weighted by Gasteiger charge is 2.32. The van der Waals surface area contributed by atoms with Crippen molar-refractivity contribution in [2.24, 2.45) is 13.0 Å². The second-order valence-electron chi connectivity index (χ2n) is 8.73. The third-order valence-corrected chi connectivity index (χ3v) is 6.80. The number of aromatic nitrogens is 2. The van der Waals surface area contributed by atoms with Gasteiger partial charge >= 0.3 is 5.69 Å². The molecule has 178 valence electrons. The summed E-state index contributed by atoms with van der Waals surface area (Å²) >= 11 is 0. The lowest BCUT2D eigenvalue weighted by atomic mass is 9.96. The van der Waals surface area contributed by atoms with Crippen molar-refractivity contribution in [1.29, 1.82) is 0 Å². The number of carbonyl (C=O) groups is 1. The first-order valence-electron chi connectivity index (χ1n) is 11.7. The highest BCUT2D eigenvalue weighted by molar-refractivity contribution is 5.80. The Morgan fingerprint density at radius 2 is 1.82 bits per heavy atom. The van der Waals surface area contributed by atoms with E-state index in [9.17, 15) is 14.4 Å². The van der Waals surface area contributed by atoms with Crippen molar-refractivity contribution in [2.75, 3.05) is 56.2 Å². The molecule has 0 spiro atoms. The predicted octanol–water partition coefficient (Wildman–Crippen LogP) is 1.14. The van der Waals surface area contributed by atoms with Gasteiger partial charge in [-0.05, 0) is 31.9 Å². The molecule has 1 atom stereocenters. The van der Waals surface area contributed by atoms with Crippen LogP contribution in [0.15, 0.2) is 39.9 Å². The Bertz CT molecular complexity index is 1120. The fourth-order valence-corrected chi connectivity index (χ4v) is 4.85. The summed E-state index contributed by atoms with van der Waals surface area (Å²) in [4.78, 5) is 44.4. The van der Waals surface area contributed by atoms with Gasteiger partial charge in [-0.25, -0.2) is 4.79 Å². The third-order valence-electron chi connectivity index (χ3n) is 6.80. The SMILES string of the molecule is CCn1c(N2CCCC(C(=O)N3CCN(c4cccc(OC)c4)CC3)C2)cc(=O)n(C)c1=O. The van der Waals surface area contributed by atoms with Crippen molar-refractivity contribution in [2.45, 2.75) is 26.3 Å². The van der Waals surface area contributed by atoms with Crippen LogP contribution in [0.25, 0.3) is 0 Å². The fourth-order valence-electron chi connectivity index (χ4n) is 4.85. The number of hydrogen-bond acceptors (Lipinski definition) is 6. The Balaban J connectivity index is 1.43. The van der Waals surface area contributed by atoms with E-state index in [4.69, 9.17) is 4.74 Å². The first-order chi connectivity index (χ1) is 15.9. The minimum absolute atomic E-state index is 0.133. The zero-order valence-corrected chi connectivity index (χ0v) is 19.7. The van der Waals surface area contributed by atoms with Crippen molar-refractivity contribution in [3.05, 3.63) is 51.2 Å².